The maximum Gasteiger partial charge on any atom is 0.332 e. The number of rotatable bonds is 4. The summed E-state index contributed by atoms with van der Waals surface area (Å²) in [7, 11) is 0. The predicted molar refractivity (Wildman–Crippen MR) is 64.9 cm³/mol. The number of carbonyl (C=O) groups is 2. The maximum absolute atomic E-state index is 11.7. The zero-order valence-electron chi connectivity index (χ0n) is 9.88. The molecule has 1 fully saturated rings. The summed E-state index contributed by atoms with van der Waals surface area (Å²) in [6.07, 6.45) is -0.0114. The Morgan fingerprint density at radius 1 is 1.42 bits per heavy atom. The number of carboxylic acid groups (broad SMARTS) is 1. The van der Waals surface area contributed by atoms with Crippen LogP contribution in [0.5, 0.6) is 0 Å². The lowest BCUT2D eigenvalue weighted by atomic mass is 10.2. The molecule has 1 saturated heterocycles. The average Bonchev–Trinajstić information content (AvgIpc) is 2.86. The van der Waals surface area contributed by atoms with E-state index in [9.17, 15) is 9.59 Å². The van der Waals surface area contributed by atoms with Crippen LogP contribution in [0.2, 0.25) is 5.15 Å². The number of amides is 1. The van der Waals surface area contributed by atoms with Gasteiger partial charge >= 0.3 is 5.97 Å². The number of nitrogens with zero attached hydrogens (tertiary/aromatic N) is 2. The van der Waals surface area contributed by atoms with Crippen LogP contribution in [0.4, 0.5) is 0 Å². The Bertz CT molecular complexity index is 479. The maximum atomic E-state index is 11.7. The first-order valence-electron chi connectivity index (χ1n) is 5.72. The molecule has 8 heteroatoms. The molecule has 1 amide bonds. The number of carbonyl (C=O) groups excluding carboxylic acids is 1. The fourth-order valence-electron chi connectivity index (χ4n) is 1.77. The lowest BCUT2D eigenvalue weighted by Gasteiger charge is -2.11. The van der Waals surface area contributed by atoms with E-state index in [0.717, 1.165) is 0 Å². The first-order chi connectivity index (χ1) is 9.06. The standard InChI is InChI=1S/C11H12ClN3O4/c12-9-4-2-7(14-15-9)10(16)13-5-6-1-3-8(19-6)11(17)18/h2,4,6,8H,1,3,5H2,(H,13,16)(H,17,18). The number of hydrogen-bond acceptors (Lipinski definition) is 5. The third kappa shape index (κ3) is 3.62. The van der Waals surface area contributed by atoms with E-state index in [1.165, 1.54) is 12.1 Å². The second-order valence-electron chi connectivity index (χ2n) is 4.11. The molecule has 7 nitrogen and oxygen atoms in total. The van der Waals surface area contributed by atoms with Crippen LogP contribution < -0.4 is 5.32 Å². The van der Waals surface area contributed by atoms with Gasteiger partial charge in [0.25, 0.3) is 5.91 Å². The Morgan fingerprint density at radius 2 is 2.21 bits per heavy atom. The Hall–Kier alpha value is -1.73. The molecule has 2 heterocycles. The number of hydrogen-bond donors (Lipinski definition) is 2. The first kappa shape index (κ1) is 13.7. The van der Waals surface area contributed by atoms with Gasteiger partial charge < -0.3 is 15.2 Å². The number of halogens is 1. The number of aliphatic carboxylic acids is 1. The van der Waals surface area contributed by atoms with Gasteiger partial charge in [0.05, 0.1) is 6.10 Å². The molecule has 2 unspecified atom stereocenters. The highest BCUT2D eigenvalue weighted by Crippen LogP contribution is 2.19. The van der Waals surface area contributed by atoms with Crippen LogP contribution in [-0.4, -0.2) is 45.9 Å². The molecule has 0 radical (unpaired) electrons. The average molecular weight is 286 g/mol. The largest absolute Gasteiger partial charge is 0.479 e. The highest BCUT2D eigenvalue weighted by molar-refractivity contribution is 6.29. The smallest absolute Gasteiger partial charge is 0.332 e. The van der Waals surface area contributed by atoms with E-state index in [2.05, 4.69) is 15.5 Å². The molecular weight excluding hydrogens is 274 g/mol. The quantitative estimate of drug-likeness (QED) is 0.835. The lowest BCUT2D eigenvalue weighted by Crippen LogP contribution is -2.33. The van der Waals surface area contributed by atoms with E-state index in [-0.39, 0.29) is 23.5 Å². The molecule has 0 bridgehead atoms. The SMILES string of the molecule is O=C(NCC1CCC(C(=O)O)O1)c1ccc(Cl)nn1. The highest BCUT2D eigenvalue weighted by Gasteiger charge is 2.30. The van der Waals surface area contributed by atoms with Crippen LogP contribution in [0.1, 0.15) is 23.3 Å². The molecule has 1 aromatic heterocycles. The molecular formula is C11H12ClN3O4. The van der Waals surface area contributed by atoms with Gasteiger partial charge in [-0.3, -0.25) is 4.79 Å². The van der Waals surface area contributed by atoms with Gasteiger partial charge in [0.1, 0.15) is 0 Å². The van der Waals surface area contributed by atoms with Gasteiger partial charge in [0.2, 0.25) is 0 Å². The zero-order chi connectivity index (χ0) is 13.8. The summed E-state index contributed by atoms with van der Waals surface area (Å²) >= 11 is 5.56. The summed E-state index contributed by atoms with van der Waals surface area (Å²) < 4.78 is 5.26. The minimum absolute atomic E-state index is 0.150. The molecule has 0 aliphatic carbocycles. The van der Waals surface area contributed by atoms with Gasteiger partial charge in [-0.25, -0.2) is 4.79 Å². The number of carboxylic acids is 1. The Morgan fingerprint density at radius 3 is 2.79 bits per heavy atom. The third-order valence-corrected chi connectivity index (χ3v) is 2.94. The van der Waals surface area contributed by atoms with Crippen molar-refractivity contribution < 1.29 is 19.4 Å². The molecule has 0 aromatic carbocycles. The topological polar surface area (TPSA) is 101 Å². The number of nitrogens with one attached hydrogen (secondary N) is 1. The summed E-state index contributed by atoms with van der Waals surface area (Å²) in [5.41, 5.74) is 0.150. The van der Waals surface area contributed by atoms with Gasteiger partial charge in [-0.15, -0.1) is 10.2 Å². The third-order valence-electron chi connectivity index (χ3n) is 2.74. The Kier molecular flexibility index (Phi) is 4.28. The van der Waals surface area contributed by atoms with Gasteiger partial charge in [-0.05, 0) is 25.0 Å². The van der Waals surface area contributed by atoms with Crippen LogP contribution in [0.15, 0.2) is 12.1 Å². The van der Waals surface area contributed by atoms with E-state index < -0.39 is 18.0 Å². The molecule has 2 N–H and O–H groups in total. The van der Waals surface area contributed by atoms with Crippen LogP contribution in [0.25, 0.3) is 0 Å². The molecule has 102 valence electrons. The molecule has 1 aliphatic rings. The first-order valence-corrected chi connectivity index (χ1v) is 6.10. The molecule has 2 rings (SSSR count). The molecule has 0 saturated carbocycles. The van der Waals surface area contributed by atoms with Gasteiger partial charge in [-0.1, -0.05) is 11.6 Å². The molecule has 1 aliphatic heterocycles. The Labute approximate surface area is 113 Å². The molecule has 2 atom stereocenters. The van der Waals surface area contributed by atoms with Crippen molar-refractivity contribution in [2.75, 3.05) is 6.54 Å². The fourth-order valence-corrected chi connectivity index (χ4v) is 1.87. The summed E-state index contributed by atoms with van der Waals surface area (Å²) in [4.78, 5) is 22.4. The van der Waals surface area contributed by atoms with Crippen molar-refractivity contribution in [3.63, 3.8) is 0 Å². The summed E-state index contributed by atoms with van der Waals surface area (Å²) in [5, 5.41) is 18.8. The fraction of sp³-hybridized carbons (Fsp3) is 0.455. The van der Waals surface area contributed by atoms with Crippen LogP contribution in [0, 0.1) is 0 Å². The Balaban J connectivity index is 1.81. The van der Waals surface area contributed by atoms with E-state index in [1.807, 2.05) is 0 Å². The highest BCUT2D eigenvalue weighted by atomic mass is 35.5. The monoisotopic (exact) mass is 285 g/mol. The van der Waals surface area contributed by atoms with Crippen LogP contribution in [-0.2, 0) is 9.53 Å². The van der Waals surface area contributed by atoms with Gasteiger partial charge in [0, 0.05) is 6.54 Å². The zero-order valence-corrected chi connectivity index (χ0v) is 10.6. The lowest BCUT2D eigenvalue weighted by molar-refractivity contribution is -0.149. The van der Waals surface area contributed by atoms with Crippen molar-refractivity contribution in [3.05, 3.63) is 23.0 Å². The van der Waals surface area contributed by atoms with E-state index in [0.29, 0.717) is 12.8 Å². The predicted octanol–water partition coefficient (Wildman–Crippen LogP) is 0.492. The number of ether oxygens (including phenoxy) is 1. The van der Waals surface area contributed by atoms with Gasteiger partial charge in [-0.2, -0.15) is 0 Å². The van der Waals surface area contributed by atoms with Crippen LogP contribution in [0.3, 0.4) is 0 Å². The van der Waals surface area contributed by atoms with Crippen molar-refractivity contribution in [2.24, 2.45) is 0 Å². The van der Waals surface area contributed by atoms with Crippen molar-refractivity contribution in [2.45, 2.75) is 25.0 Å². The van der Waals surface area contributed by atoms with Gasteiger partial charge in [0.15, 0.2) is 17.0 Å². The normalized spacial score (nSPS) is 22.2. The minimum atomic E-state index is -0.975. The summed E-state index contributed by atoms with van der Waals surface area (Å²) in [5.74, 6) is -1.37. The molecule has 19 heavy (non-hydrogen) atoms. The number of aromatic nitrogens is 2. The minimum Gasteiger partial charge on any atom is -0.479 e. The molecule has 0 spiro atoms. The van der Waals surface area contributed by atoms with Crippen molar-refractivity contribution in [1.82, 2.24) is 15.5 Å². The summed E-state index contributed by atoms with van der Waals surface area (Å²) in [6.45, 7) is 0.243. The van der Waals surface area contributed by atoms with E-state index in [1.54, 1.807) is 0 Å². The molecule has 1 aromatic rings. The van der Waals surface area contributed by atoms with E-state index in [4.69, 9.17) is 21.4 Å². The van der Waals surface area contributed by atoms with Crippen molar-refractivity contribution in [1.29, 1.82) is 0 Å². The summed E-state index contributed by atoms with van der Waals surface area (Å²) in [6, 6.07) is 2.93. The van der Waals surface area contributed by atoms with Crippen molar-refractivity contribution >= 4 is 23.5 Å². The van der Waals surface area contributed by atoms with Crippen molar-refractivity contribution in [3.8, 4) is 0 Å². The second-order valence-corrected chi connectivity index (χ2v) is 4.50. The van der Waals surface area contributed by atoms with E-state index >= 15 is 0 Å². The van der Waals surface area contributed by atoms with Crippen LogP contribution >= 0.6 is 11.6 Å². The second kappa shape index (κ2) is 5.94.